The summed E-state index contributed by atoms with van der Waals surface area (Å²) >= 11 is 0. The van der Waals surface area contributed by atoms with E-state index in [1.165, 1.54) is 11.1 Å². The van der Waals surface area contributed by atoms with Gasteiger partial charge in [0.25, 0.3) is 0 Å². The van der Waals surface area contributed by atoms with Crippen molar-refractivity contribution in [2.24, 2.45) is 0 Å². The van der Waals surface area contributed by atoms with Crippen molar-refractivity contribution in [1.29, 1.82) is 0 Å². The SMILES string of the molecule is Cc1ccc(CCCNCC(O)c2occ3ccccc23)cc1. The summed E-state index contributed by atoms with van der Waals surface area (Å²) in [4.78, 5) is 0. The molecule has 1 aromatic heterocycles. The number of fused-ring (bicyclic) bond motifs is 1. The molecule has 3 nitrogen and oxygen atoms in total. The number of hydrogen-bond acceptors (Lipinski definition) is 3. The first-order valence-electron chi connectivity index (χ1n) is 8.14. The van der Waals surface area contributed by atoms with E-state index in [9.17, 15) is 5.11 Å². The first-order valence-corrected chi connectivity index (χ1v) is 8.14. The van der Waals surface area contributed by atoms with Gasteiger partial charge in [0.15, 0.2) is 0 Å². The van der Waals surface area contributed by atoms with Gasteiger partial charge in [-0.3, -0.25) is 0 Å². The lowest BCUT2D eigenvalue weighted by Gasteiger charge is -2.10. The fraction of sp³-hybridized carbons (Fsp3) is 0.300. The summed E-state index contributed by atoms with van der Waals surface area (Å²) in [5, 5.41) is 15.6. The van der Waals surface area contributed by atoms with Crippen LogP contribution in [0.15, 0.2) is 59.2 Å². The van der Waals surface area contributed by atoms with Gasteiger partial charge in [0.1, 0.15) is 11.9 Å². The van der Waals surface area contributed by atoms with E-state index in [1.807, 2.05) is 24.3 Å². The fourth-order valence-electron chi connectivity index (χ4n) is 2.78. The minimum atomic E-state index is -0.616. The lowest BCUT2D eigenvalue weighted by molar-refractivity contribution is 0.149. The average molecular weight is 309 g/mol. The number of nitrogens with one attached hydrogen (secondary N) is 1. The van der Waals surface area contributed by atoms with E-state index in [-0.39, 0.29) is 0 Å². The Morgan fingerprint density at radius 1 is 1.09 bits per heavy atom. The van der Waals surface area contributed by atoms with Gasteiger partial charge in [-0.25, -0.2) is 0 Å². The number of aryl methyl sites for hydroxylation is 2. The number of aliphatic hydroxyl groups excluding tert-OH is 1. The van der Waals surface area contributed by atoms with Crippen LogP contribution >= 0.6 is 0 Å². The minimum Gasteiger partial charge on any atom is -0.465 e. The maximum Gasteiger partial charge on any atom is 0.141 e. The van der Waals surface area contributed by atoms with Gasteiger partial charge in [0.05, 0.1) is 6.26 Å². The first-order chi connectivity index (χ1) is 11.2. The molecule has 3 heteroatoms. The van der Waals surface area contributed by atoms with Crippen LogP contribution in [0.2, 0.25) is 0 Å². The van der Waals surface area contributed by atoms with Gasteiger partial charge in [-0.05, 0) is 31.9 Å². The predicted molar refractivity (Wildman–Crippen MR) is 93.5 cm³/mol. The summed E-state index contributed by atoms with van der Waals surface area (Å²) in [6, 6.07) is 16.6. The van der Waals surface area contributed by atoms with Crippen LogP contribution in [0.5, 0.6) is 0 Å². The molecule has 0 saturated carbocycles. The molecule has 3 aromatic rings. The Morgan fingerprint density at radius 2 is 1.87 bits per heavy atom. The summed E-state index contributed by atoms with van der Waals surface area (Å²) in [5.74, 6) is 0.645. The van der Waals surface area contributed by atoms with Gasteiger partial charge in [-0.15, -0.1) is 0 Å². The molecule has 1 atom stereocenters. The highest BCUT2D eigenvalue weighted by Crippen LogP contribution is 2.25. The third kappa shape index (κ3) is 4.01. The molecule has 0 radical (unpaired) electrons. The third-order valence-corrected chi connectivity index (χ3v) is 4.12. The zero-order valence-corrected chi connectivity index (χ0v) is 13.5. The third-order valence-electron chi connectivity index (χ3n) is 4.12. The molecular formula is C20H23NO2. The van der Waals surface area contributed by atoms with Crippen molar-refractivity contribution in [2.45, 2.75) is 25.9 Å². The van der Waals surface area contributed by atoms with E-state index in [0.29, 0.717) is 12.3 Å². The molecule has 0 aliphatic rings. The van der Waals surface area contributed by atoms with E-state index in [1.54, 1.807) is 6.26 Å². The molecule has 1 heterocycles. The number of furan rings is 1. The van der Waals surface area contributed by atoms with Gasteiger partial charge in [-0.2, -0.15) is 0 Å². The second kappa shape index (κ2) is 7.44. The molecule has 0 fully saturated rings. The van der Waals surface area contributed by atoms with E-state index in [0.717, 1.165) is 30.2 Å². The van der Waals surface area contributed by atoms with Crippen LogP contribution < -0.4 is 5.32 Å². The number of benzene rings is 2. The maximum atomic E-state index is 10.3. The van der Waals surface area contributed by atoms with Crippen molar-refractivity contribution in [3.05, 3.63) is 71.7 Å². The zero-order valence-electron chi connectivity index (χ0n) is 13.5. The quantitative estimate of drug-likeness (QED) is 0.649. The lowest BCUT2D eigenvalue weighted by atomic mass is 10.1. The number of rotatable bonds is 7. The fourth-order valence-corrected chi connectivity index (χ4v) is 2.78. The molecule has 2 N–H and O–H groups in total. The van der Waals surface area contributed by atoms with Crippen molar-refractivity contribution in [3.8, 4) is 0 Å². The Balaban J connectivity index is 1.44. The van der Waals surface area contributed by atoms with Gasteiger partial charge in [-0.1, -0.05) is 54.1 Å². The predicted octanol–water partition coefficient (Wildman–Crippen LogP) is 4.00. The monoisotopic (exact) mass is 309 g/mol. The minimum absolute atomic E-state index is 0.505. The molecule has 0 saturated heterocycles. The van der Waals surface area contributed by atoms with Crippen LogP contribution in [0.4, 0.5) is 0 Å². The molecule has 0 aliphatic heterocycles. The first kappa shape index (κ1) is 15.8. The van der Waals surface area contributed by atoms with Crippen molar-refractivity contribution >= 4 is 10.8 Å². The van der Waals surface area contributed by atoms with Crippen molar-refractivity contribution in [2.75, 3.05) is 13.1 Å². The van der Waals surface area contributed by atoms with Crippen LogP contribution in [-0.2, 0) is 6.42 Å². The molecule has 0 spiro atoms. The molecule has 0 bridgehead atoms. The van der Waals surface area contributed by atoms with E-state index >= 15 is 0 Å². The van der Waals surface area contributed by atoms with Crippen LogP contribution in [-0.4, -0.2) is 18.2 Å². The standard InChI is InChI=1S/C20H23NO2/c1-15-8-10-16(11-9-15)5-4-12-21-13-19(22)20-18-7-3-2-6-17(18)14-23-20/h2-3,6-11,14,19,21-22H,4-5,12-13H2,1H3. The van der Waals surface area contributed by atoms with Crippen LogP contribution in [0, 0.1) is 6.92 Å². The molecule has 2 aromatic carbocycles. The van der Waals surface area contributed by atoms with Gasteiger partial charge < -0.3 is 14.8 Å². The topological polar surface area (TPSA) is 45.4 Å². The Bertz CT molecular complexity index is 746. The lowest BCUT2D eigenvalue weighted by Crippen LogP contribution is -2.22. The van der Waals surface area contributed by atoms with Crippen LogP contribution in [0.1, 0.15) is 29.4 Å². The Labute approximate surface area is 136 Å². The second-order valence-corrected chi connectivity index (χ2v) is 6.00. The van der Waals surface area contributed by atoms with Crippen molar-refractivity contribution in [1.82, 2.24) is 5.32 Å². The molecule has 120 valence electrons. The average Bonchev–Trinajstić information content (AvgIpc) is 3.00. The van der Waals surface area contributed by atoms with E-state index in [2.05, 4.69) is 36.5 Å². The highest BCUT2D eigenvalue weighted by atomic mass is 16.4. The van der Waals surface area contributed by atoms with Crippen molar-refractivity contribution in [3.63, 3.8) is 0 Å². The van der Waals surface area contributed by atoms with Crippen LogP contribution in [0.25, 0.3) is 10.8 Å². The number of hydrogen-bond donors (Lipinski definition) is 2. The molecule has 0 aliphatic carbocycles. The second-order valence-electron chi connectivity index (χ2n) is 6.00. The van der Waals surface area contributed by atoms with E-state index < -0.39 is 6.10 Å². The normalized spacial score (nSPS) is 12.6. The molecule has 0 amide bonds. The number of aliphatic hydroxyl groups is 1. The Hall–Kier alpha value is -2.10. The zero-order chi connectivity index (χ0) is 16.1. The van der Waals surface area contributed by atoms with Gasteiger partial charge in [0.2, 0.25) is 0 Å². The molecule has 1 unspecified atom stereocenters. The smallest absolute Gasteiger partial charge is 0.141 e. The Morgan fingerprint density at radius 3 is 2.70 bits per heavy atom. The summed E-state index contributed by atoms with van der Waals surface area (Å²) in [6.07, 6.45) is 3.18. The molecular weight excluding hydrogens is 286 g/mol. The van der Waals surface area contributed by atoms with E-state index in [4.69, 9.17) is 4.42 Å². The molecule has 23 heavy (non-hydrogen) atoms. The van der Waals surface area contributed by atoms with Crippen molar-refractivity contribution < 1.29 is 9.52 Å². The highest BCUT2D eigenvalue weighted by molar-refractivity contribution is 5.84. The maximum absolute atomic E-state index is 10.3. The summed E-state index contributed by atoms with van der Waals surface area (Å²) in [7, 11) is 0. The summed E-state index contributed by atoms with van der Waals surface area (Å²) in [5.41, 5.74) is 2.65. The Kier molecular flexibility index (Phi) is 5.11. The summed E-state index contributed by atoms with van der Waals surface area (Å²) < 4.78 is 5.52. The largest absolute Gasteiger partial charge is 0.465 e. The van der Waals surface area contributed by atoms with Gasteiger partial charge in [0, 0.05) is 17.3 Å². The molecule has 3 rings (SSSR count). The summed E-state index contributed by atoms with van der Waals surface area (Å²) in [6.45, 7) is 3.49. The van der Waals surface area contributed by atoms with Crippen LogP contribution in [0.3, 0.4) is 0 Å². The van der Waals surface area contributed by atoms with Gasteiger partial charge >= 0.3 is 0 Å². The highest BCUT2D eigenvalue weighted by Gasteiger charge is 2.14.